The second-order valence-corrected chi connectivity index (χ2v) is 4.94. The van der Waals surface area contributed by atoms with E-state index in [9.17, 15) is 4.79 Å². The molecule has 6 heteroatoms. The van der Waals surface area contributed by atoms with Crippen LogP contribution in [0, 0.1) is 5.41 Å². The molecule has 0 unspecified atom stereocenters. The number of fused-ring (bicyclic) bond motifs is 1. The number of ether oxygens (including phenoxy) is 1. The SMILES string of the molecule is O=C(O)C1(CNCc2ccc3nc[nH]c3c2)COC1. The minimum atomic E-state index is -0.796. The molecule has 1 aromatic carbocycles. The van der Waals surface area contributed by atoms with Crippen molar-refractivity contribution in [2.45, 2.75) is 6.54 Å². The number of carboxylic acids is 1. The largest absolute Gasteiger partial charge is 0.481 e. The van der Waals surface area contributed by atoms with Gasteiger partial charge < -0.3 is 20.1 Å². The molecule has 0 radical (unpaired) electrons. The minimum Gasteiger partial charge on any atom is -0.481 e. The standard InChI is InChI=1S/C13H15N3O3/c17-12(18)13(6-19-7-13)5-14-4-9-1-2-10-11(3-9)16-8-15-10/h1-3,8,14H,4-7H2,(H,15,16)(H,17,18). The molecule has 0 spiro atoms. The Morgan fingerprint density at radius 3 is 3.05 bits per heavy atom. The van der Waals surface area contributed by atoms with Crippen LogP contribution in [-0.2, 0) is 16.1 Å². The van der Waals surface area contributed by atoms with Crippen LogP contribution in [0.3, 0.4) is 0 Å². The van der Waals surface area contributed by atoms with E-state index in [-0.39, 0.29) is 13.2 Å². The summed E-state index contributed by atoms with van der Waals surface area (Å²) in [6, 6.07) is 5.95. The predicted octanol–water partition coefficient (Wildman–Crippen LogP) is 0.754. The number of H-pyrrole nitrogens is 1. The zero-order chi connectivity index (χ0) is 13.3. The molecule has 0 saturated carbocycles. The lowest BCUT2D eigenvalue weighted by molar-refractivity contribution is -0.178. The van der Waals surface area contributed by atoms with Crippen molar-refractivity contribution in [2.75, 3.05) is 19.8 Å². The van der Waals surface area contributed by atoms with E-state index in [2.05, 4.69) is 15.3 Å². The number of hydrogen-bond donors (Lipinski definition) is 3. The van der Waals surface area contributed by atoms with Crippen molar-refractivity contribution >= 4 is 17.0 Å². The summed E-state index contributed by atoms with van der Waals surface area (Å²) in [5.74, 6) is -0.796. The first-order valence-electron chi connectivity index (χ1n) is 6.13. The van der Waals surface area contributed by atoms with Crippen molar-refractivity contribution in [3.63, 3.8) is 0 Å². The van der Waals surface area contributed by atoms with Crippen molar-refractivity contribution in [3.8, 4) is 0 Å². The first-order valence-corrected chi connectivity index (χ1v) is 6.13. The number of nitrogens with one attached hydrogen (secondary N) is 2. The third-order valence-electron chi connectivity index (χ3n) is 3.49. The van der Waals surface area contributed by atoms with Gasteiger partial charge in [0.1, 0.15) is 5.41 Å². The number of carboxylic acid groups (broad SMARTS) is 1. The van der Waals surface area contributed by atoms with E-state index >= 15 is 0 Å². The molecule has 3 rings (SSSR count). The quantitative estimate of drug-likeness (QED) is 0.739. The number of imidazole rings is 1. The number of aromatic amines is 1. The van der Waals surface area contributed by atoms with E-state index in [0.717, 1.165) is 16.6 Å². The molecule has 1 saturated heterocycles. The molecule has 0 bridgehead atoms. The summed E-state index contributed by atoms with van der Waals surface area (Å²) in [6.07, 6.45) is 1.66. The molecule has 2 heterocycles. The van der Waals surface area contributed by atoms with Crippen molar-refractivity contribution in [1.82, 2.24) is 15.3 Å². The highest BCUT2D eigenvalue weighted by molar-refractivity contribution is 5.76. The molecule has 100 valence electrons. The molecule has 6 nitrogen and oxygen atoms in total. The maximum Gasteiger partial charge on any atom is 0.315 e. The lowest BCUT2D eigenvalue weighted by Gasteiger charge is -2.37. The van der Waals surface area contributed by atoms with Gasteiger partial charge in [-0.1, -0.05) is 6.07 Å². The number of nitrogens with zero attached hydrogens (tertiary/aromatic N) is 1. The van der Waals surface area contributed by atoms with E-state index in [4.69, 9.17) is 9.84 Å². The van der Waals surface area contributed by atoms with E-state index in [0.29, 0.717) is 13.1 Å². The van der Waals surface area contributed by atoms with E-state index in [1.54, 1.807) is 6.33 Å². The first-order chi connectivity index (χ1) is 9.20. The highest BCUT2D eigenvalue weighted by Crippen LogP contribution is 2.26. The smallest absolute Gasteiger partial charge is 0.315 e. The van der Waals surface area contributed by atoms with Gasteiger partial charge in [-0.15, -0.1) is 0 Å². The second-order valence-electron chi connectivity index (χ2n) is 4.94. The summed E-state index contributed by atoms with van der Waals surface area (Å²) in [6.45, 7) is 1.62. The van der Waals surface area contributed by atoms with E-state index in [1.165, 1.54) is 0 Å². The monoisotopic (exact) mass is 261 g/mol. The molecule has 0 atom stereocenters. The van der Waals surface area contributed by atoms with Crippen molar-refractivity contribution in [3.05, 3.63) is 30.1 Å². The lowest BCUT2D eigenvalue weighted by Crippen LogP contribution is -2.55. The minimum absolute atomic E-state index is 0.287. The molecule has 1 fully saturated rings. The summed E-state index contributed by atoms with van der Waals surface area (Å²) in [5, 5.41) is 12.3. The Morgan fingerprint density at radius 1 is 1.53 bits per heavy atom. The van der Waals surface area contributed by atoms with Gasteiger partial charge in [0, 0.05) is 13.1 Å². The molecule has 2 aromatic rings. The summed E-state index contributed by atoms with van der Waals surface area (Å²) in [4.78, 5) is 18.4. The van der Waals surface area contributed by atoms with Crippen LogP contribution in [0.1, 0.15) is 5.56 Å². The summed E-state index contributed by atoms with van der Waals surface area (Å²) < 4.78 is 5.02. The normalized spacial score (nSPS) is 17.3. The molecule has 0 amide bonds. The van der Waals surface area contributed by atoms with Gasteiger partial charge in [0.2, 0.25) is 0 Å². The average Bonchev–Trinajstić information content (AvgIpc) is 2.79. The number of benzene rings is 1. The Hall–Kier alpha value is -1.92. The predicted molar refractivity (Wildman–Crippen MR) is 68.7 cm³/mol. The zero-order valence-electron chi connectivity index (χ0n) is 10.3. The zero-order valence-corrected chi connectivity index (χ0v) is 10.3. The maximum atomic E-state index is 11.2. The molecule has 19 heavy (non-hydrogen) atoms. The number of hydrogen-bond acceptors (Lipinski definition) is 4. The average molecular weight is 261 g/mol. The van der Waals surface area contributed by atoms with Gasteiger partial charge in [0.05, 0.1) is 30.6 Å². The van der Waals surface area contributed by atoms with Gasteiger partial charge in [0.15, 0.2) is 0 Å². The van der Waals surface area contributed by atoms with Gasteiger partial charge in [-0.05, 0) is 17.7 Å². The third kappa shape index (κ3) is 2.20. The van der Waals surface area contributed by atoms with E-state index < -0.39 is 11.4 Å². The van der Waals surface area contributed by atoms with Crippen LogP contribution < -0.4 is 5.32 Å². The Balaban J connectivity index is 1.61. The van der Waals surface area contributed by atoms with Crippen molar-refractivity contribution in [1.29, 1.82) is 0 Å². The summed E-state index contributed by atoms with van der Waals surface area (Å²) in [7, 11) is 0. The molecular formula is C13H15N3O3. The fourth-order valence-electron chi connectivity index (χ4n) is 2.19. The molecular weight excluding hydrogens is 246 g/mol. The Morgan fingerprint density at radius 2 is 2.37 bits per heavy atom. The third-order valence-corrected chi connectivity index (χ3v) is 3.49. The van der Waals surface area contributed by atoms with Gasteiger partial charge >= 0.3 is 5.97 Å². The first kappa shape index (κ1) is 12.1. The summed E-state index contributed by atoms with van der Waals surface area (Å²) in [5.41, 5.74) is 2.26. The van der Waals surface area contributed by atoms with Crippen LogP contribution in [0.25, 0.3) is 11.0 Å². The fourth-order valence-corrected chi connectivity index (χ4v) is 2.19. The van der Waals surface area contributed by atoms with Crippen LogP contribution in [0.5, 0.6) is 0 Å². The Kier molecular flexibility index (Phi) is 2.96. The molecule has 3 N–H and O–H groups in total. The second kappa shape index (κ2) is 4.64. The van der Waals surface area contributed by atoms with Gasteiger partial charge in [-0.2, -0.15) is 0 Å². The van der Waals surface area contributed by atoms with Gasteiger partial charge in [-0.25, -0.2) is 4.98 Å². The van der Waals surface area contributed by atoms with Crippen LogP contribution in [-0.4, -0.2) is 40.8 Å². The van der Waals surface area contributed by atoms with Crippen LogP contribution in [0.15, 0.2) is 24.5 Å². The fraction of sp³-hybridized carbons (Fsp3) is 0.385. The number of carbonyl (C=O) groups is 1. The van der Waals surface area contributed by atoms with E-state index in [1.807, 2.05) is 18.2 Å². The number of aromatic nitrogens is 2. The Bertz CT molecular complexity index is 604. The Labute approximate surface area is 109 Å². The van der Waals surface area contributed by atoms with Crippen LogP contribution >= 0.6 is 0 Å². The maximum absolute atomic E-state index is 11.2. The molecule has 1 aliphatic heterocycles. The van der Waals surface area contributed by atoms with Crippen LogP contribution in [0.4, 0.5) is 0 Å². The van der Waals surface area contributed by atoms with Gasteiger partial charge in [0.25, 0.3) is 0 Å². The lowest BCUT2D eigenvalue weighted by atomic mass is 9.86. The van der Waals surface area contributed by atoms with Gasteiger partial charge in [-0.3, -0.25) is 4.79 Å². The number of rotatable bonds is 5. The van der Waals surface area contributed by atoms with Crippen molar-refractivity contribution < 1.29 is 14.6 Å². The topological polar surface area (TPSA) is 87.2 Å². The van der Waals surface area contributed by atoms with Crippen LogP contribution in [0.2, 0.25) is 0 Å². The van der Waals surface area contributed by atoms with Crippen molar-refractivity contribution in [2.24, 2.45) is 5.41 Å². The number of aliphatic carboxylic acids is 1. The summed E-state index contributed by atoms with van der Waals surface area (Å²) >= 11 is 0. The molecule has 1 aliphatic rings. The highest BCUT2D eigenvalue weighted by atomic mass is 16.5. The molecule has 0 aliphatic carbocycles. The molecule has 1 aromatic heterocycles. The highest BCUT2D eigenvalue weighted by Gasteiger charge is 2.45.